The van der Waals surface area contributed by atoms with Crippen LogP contribution < -0.4 is 10.1 Å². The average Bonchev–Trinajstić information content (AvgIpc) is 2.51. The Morgan fingerprint density at radius 1 is 1.22 bits per heavy atom. The third kappa shape index (κ3) is 4.22. The van der Waals surface area contributed by atoms with E-state index in [9.17, 15) is 23.7 Å². The molecule has 0 fully saturated rings. The number of nitro benzene ring substituents is 1. The van der Waals surface area contributed by atoms with Crippen LogP contribution >= 0.6 is 0 Å². The Morgan fingerprint density at radius 3 is 2.61 bits per heavy atom. The number of nitrogens with zero attached hydrogens (tertiary/aromatic N) is 1. The smallest absolute Gasteiger partial charge is 0.273 e. The molecule has 2 aromatic rings. The Bertz CT molecular complexity index is 752. The number of non-ortho nitro benzene ring substituents is 1. The summed E-state index contributed by atoms with van der Waals surface area (Å²) in [5.41, 5.74) is -0.0980. The number of nitrogens with one attached hydrogen (secondary N) is 1. The van der Waals surface area contributed by atoms with E-state index in [4.69, 9.17) is 4.74 Å². The second-order valence-corrected chi connectivity index (χ2v) is 4.63. The number of carbonyl (C=O) groups is 1. The molecule has 0 radical (unpaired) electrons. The van der Waals surface area contributed by atoms with Crippen LogP contribution in [0, 0.1) is 21.7 Å². The van der Waals surface area contributed by atoms with Crippen LogP contribution in [0.5, 0.6) is 5.75 Å². The maximum atomic E-state index is 13.1. The van der Waals surface area contributed by atoms with Gasteiger partial charge in [0.2, 0.25) is 0 Å². The number of halogens is 2. The van der Waals surface area contributed by atoms with Crippen LogP contribution in [-0.2, 0) is 4.79 Å². The van der Waals surface area contributed by atoms with E-state index in [1.54, 1.807) is 0 Å². The van der Waals surface area contributed by atoms with Gasteiger partial charge in [-0.05, 0) is 25.1 Å². The molecule has 2 aromatic carbocycles. The van der Waals surface area contributed by atoms with Crippen molar-refractivity contribution in [3.05, 3.63) is 64.2 Å². The minimum absolute atomic E-state index is 0.0726. The molecule has 0 heterocycles. The van der Waals surface area contributed by atoms with E-state index in [1.165, 1.54) is 37.3 Å². The van der Waals surface area contributed by atoms with E-state index in [-0.39, 0.29) is 17.1 Å². The molecule has 23 heavy (non-hydrogen) atoms. The van der Waals surface area contributed by atoms with Gasteiger partial charge in [0, 0.05) is 17.8 Å². The predicted octanol–water partition coefficient (Wildman–Crippen LogP) is 3.28. The number of ether oxygens (including phenoxy) is 1. The van der Waals surface area contributed by atoms with Gasteiger partial charge in [0.25, 0.3) is 11.6 Å². The van der Waals surface area contributed by atoms with Crippen LogP contribution in [0.15, 0.2) is 42.5 Å². The van der Waals surface area contributed by atoms with Crippen LogP contribution in [0.1, 0.15) is 6.92 Å². The lowest BCUT2D eigenvalue weighted by Gasteiger charge is -2.14. The van der Waals surface area contributed by atoms with Gasteiger partial charge in [-0.1, -0.05) is 6.07 Å². The number of amides is 1. The molecule has 0 saturated heterocycles. The molecule has 1 N–H and O–H groups in total. The molecular formula is C15H12F2N2O4. The van der Waals surface area contributed by atoms with Crippen molar-refractivity contribution in [2.75, 3.05) is 5.32 Å². The first kappa shape index (κ1) is 16.3. The van der Waals surface area contributed by atoms with Gasteiger partial charge in [-0.2, -0.15) is 0 Å². The molecular weight excluding hydrogens is 310 g/mol. The van der Waals surface area contributed by atoms with Gasteiger partial charge < -0.3 is 10.1 Å². The third-order valence-corrected chi connectivity index (χ3v) is 2.90. The summed E-state index contributed by atoms with van der Waals surface area (Å²) in [4.78, 5) is 22.0. The van der Waals surface area contributed by atoms with Crippen molar-refractivity contribution in [2.24, 2.45) is 0 Å². The van der Waals surface area contributed by atoms with Crippen LogP contribution in [0.25, 0.3) is 0 Å². The van der Waals surface area contributed by atoms with Gasteiger partial charge in [-0.3, -0.25) is 14.9 Å². The first-order valence-corrected chi connectivity index (χ1v) is 6.54. The van der Waals surface area contributed by atoms with Gasteiger partial charge in [0.05, 0.1) is 11.0 Å². The first-order valence-electron chi connectivity index (χ1n) is 6.54. The molecule has 2 rings (SSSR count). The molecule has 120 valence electrons. The number of rotatable bonds is 5. The van der Waals surface area contributed by atoms with Crippen LogP contribution in [0.2, 0.25) is 0 Å². The summed E-state index contributed by atoms with van der Waals surface area (Å²) >= 11 is 0. The lowest BCUT2D eigenvalue weighted by Crippen LogP contribution is -2.30. The SMILES string of the molecule is C[C@@H](Oc1cccc([N+](=O)[O-])c1)C(=O)Nc1ccc(F)c(F)c1. The maximum absolute atomic E-state index is 13.1. The lowest BCUT2D eigenvalue weighted by molar-refractivity contribution is -0.384. The molecule has 0 aliphatic rings. The normalized spacial score (nSPS) is 11.6. The largest absolute Gasteiger partial charge is 0.481 e. The molecule has 0 aromatic heterocycles. The monoisotopic (exact) mass is 322 g/mol. The highest BCUT2D eigenvalue weighted by Gasteiger charge is 2.17. The van der Waals surface area contributed by atoms with Crippen molar-refractivity contribution >= 4 is 17.3 Å². The quantitative estimate of drug-likeness (QED) is 0.676. The van der Waals surface area contributed by atoms with Crippen molar-refractivity contribution in [3.63, 3.8) is 0 Å². The highest BCUT2D eigenvalue weighted by molar-refractivity contribution is 5.94. The zero-order valence-corrected chi connectivity index (χ0v) is 12.0. The summed E-state index contributed by atoms with van der Waals surface area (Å²) in [6.45, 7) is 1.42. The molecule has 0 aliphatic carbocycles. The van der Waals surface area contributed by atoms with Gasteiger partial charge in [-0.15, -0.1) is 0 Å². The predicted molar refractivity (Wildman–Crippen MR) is 78.2 cm³/mol. The minimum atomic E-state index is -1.09. The first-order chi connectivity index (χ1) is 10.9. The van der Waals surface area contributed by atoms with Crippen molar-refractivity contribution in [1.29, 1.82) is 0 Å². The topological polar surface area (TPSA) is 81.5 Å². The summed E-state index contributed by atoms with van der Waals surface area (Å²) in [6, 6.07) is 8.29. The van der Waals surface area contributed by atoms with Crippen LogP contribution in [0.3, 0.4) is 0 Å². The summed E-state index contributed by atoms with van der Waals surface area (Å²) < 4.78 is 31.2. The summed E-state index contributed by atoms with van der Waals surface area (Å²) in [6.07, 6.45) is -0.995. The Hall–Kier alpha value is -3.03. The highest BCUT2D eigenvalue weighted by atomic mass is 19.2. The maximum Gasteiger partial charge on any atom is 0.273 e. The van der Waals surface area contributed by atoms with Crippen molar-refractivity contribution in [1.82, 2.24) is 0 Å². The van der Waals surface area contributed by atoms with Gasteiger partial charge in [0.15, 0.2) is 17.7 Å². The molecule has 0 spiro atoms. The fourth-order valence-corrected chi connectivity index (χ4v) is 1.75. The highest BCUT2D eigenvalue weighted by Crippen LogP contribution is 2.20. The standard InChI is InChI=1S/C15H12F2N2O4/c1-9(23-12-4-2-3-11(8-12)19(21)22)15(20)18-10-5-6-13(16)14(17)7-10/h2-9H,1H3,(H,18,20)/t9-/m1/s1. The lowest BCUT2D eigenvalue weighted by atomic mass is 10.2. The second-order valence-electron chi connectivity index (χ2n) is 4.63. The Kier molecular flexibility index (Phi) is 4.85. The number of carbonyl (C=O) groups excluding carboxylic acids is 1. The van der Waals surface area contributed by atoms with Gasteiger partial charge >= 0.3 is 0 Å². The second kappa shape index (κ2) is 6.82. The number of nitro groups is 1. The van der Waals surface area contributed by atoms with Gasteiger partial charge in [-0.25, -0.2) is 8.78 Å². The Labute approximate surface area is 129 Å². The zero-order valence-electron chi connectivity index (χ0n) is 12.0. The van der Waals surface area contributed by atoms with Crippen molar-refractivity contribution < 1.29 is 23.2 Å². The molecule has 0 bridgehead atoms. The van der Waals surface area contributed by atoms with Gasteiger partial charge in [0.1, 0.15) is 5.75 Å². The van der Waals surface area contributed by atoms with E-state index < -0.39 is 28.6 Å². The number of hydrogen-bond acceptors (Lipinski definition) is 4. The van der Waals surface area contributed by atoms with Crippen molar-refractivity contribution in [2.45, 2.75) is 13.0 Å². The number of anilines is 1. The Morgan fingerprint density at radius 2 is 1.96 bits per heavy atom. The van der Waals surface area contributed by atoms with E-state index in [1.807, 2.05) is 0 Å². The molecule has 0 unspecified atom stereocenters. The molecule has 6 nitrogen and oxygen atoms in total. The summed E-state index contributed by atoms with van der Waals surface area (Å²) in [5, 5.41) is 13.0. The molecule has 1 amide bonds. The molecule has 8 heteroatoms. The summed E-state index contributed by atoms with van der Waals surface area (Å²) in [7, 11) is 0. The third-order valence-electron chi connectivity index (χ3n) is 2.90. The van der Waals surface area contributed by atoms with E-state index >= 15 is 0 Å². The zero-order chi connectivity index (χ0) is 17.0. The van der Waals surface area contributed by atoms with Crippen LogP contribution in [-0.4, -0.2) is 16.9 Å². The summed E-state index contributed by atoms with van der Waals surface area (Å²) in [5.74, 6) is -2.58. The van der Waals surface area contributed by atoms with E-state index in [0.29, 0.717) is 0 Å². The van der Waals surface area contributed by atoms with Crippen molar-refractivity contribution in [3.8, 4) is 5.75 Å². The number of hydrogen-bond donors (Lipinski definition) is 1. The molecule has 0 saturated carbocycles. The number of benzene rings is 2. The van der Waals surface area contributed by atoms with E-state index in [0.717, 1.165) is 12.1 Å². The Balaban J connectivity index is 2.03. The fourth-order valence-electron chi connectivity index (χ4n) is 1.75. The average molecular weight is 322 g/mol. The molecule has 1 atom stereocenters. The van der Waals surface area contributed by atoms with E-state index in [2.05, 4.69) is 5.32 Å². The van der Waals surface area contributed by atoms with Crippen LogP contribution in [0.4, 0.5) is 20.2 Å². The fraction of sp³-hybridized carbons (Fsp3) is 0.133. The minimum Gasteiger partial charge on any atom is -0.481 e. The molecule has 0 aliphatic heterocycles.